The molecule has 1 aromatic carbocycles. The van der Waals surface area contributed by atoms with E-state index in [1.165, 1.54) is 0 Å². The molecule has 1 unspecified atom stereocenters. The lowest BCUT2D eigenvalue weighted by Gasteiger charge is -2.19. The van der Waals surface area contributed by atoms with Gasteiger partial charge in [0.1, 0.15) is 11.5 Å². The van der Waals surface area contributed by atoms with Crippen LogP contribution in [0.25, 0.3) is 0 Å². The molecule has 4 nitrogen and oxygen atoms in total. The molecule has 1 N–H and O–H groups in total. The van der Waals surface area contributed by atoms with E-state index < -0.39 is 0 Å². The van der Waals surface area contributed by atoms with Gasteiger partial charge >= 0.3 is 0 Å². The van der Waals surface area contributed by atoms with Crippen LogP contribution >= 0.6 is 23.4 Å². The fourth-order valence-corrected chi connectivity index (χ4v) is 2.83. The molecule has 0 fully saturated rings. The van der Waals surface area contributed by atoms with Crippen molar-refractivity contribution in [2.75, 3.05) is 31.8 Å². The Hall–Kier alpha value is -1.07. The van der Waals surface area contributed by atoms with Gasteiger partial charge in [-0.1, -0.05) is 30.3 Å². The highest BCUT2D eigenvalue weighted by molar-refractivity contribution is 8.14. The first-order valence-electron chi connectivity index (χ1n) is 5.99. The van der Waals surface area contributed by atoms with Crippen LogP contribution in [0.5, 0.6) is 11.5 Å². The molecule has 0 aliphatic carbocycles. The summed E-state index contributed by atoms with van der Waals surface area (Å²) >= 11 is 7.79. The maximum atomic E-state index is 6.07. The maximum Gasteiger partial charge on any atom is 0.161 e. The van der Waals surface area contributed by atoms with E-state index in [0.29, 0.717) is 22.4 Å². The van der Waals surface area contributed by atoms with Crippen molar-refractivity contribution in [1.29, 1.82) is 0 Å². The van der Waals surface area contributed by atoms with Gasteiger partial charge in [0.05, 0.1) is 24.9 Å². The van der Waals surface area contributed by atoms with Gasteiger partial charge in [-0.05, 0) is 5.92 Å². The van der Waals surface area contributed by atoms with Crippen LogP contribution in [0.2, 0.25) is 5.02 Å². The highest BCUT2D eigenvalue weighted by atomic mass is 35.5. The molecular weight excluding hydrogens is 284 g/mol. The monoisotopic (exact) mass is 300 g/mol. The topological polar surface area (TPSA) is 42.8 Å². The van der Waals surface area contributed by atoms with E-state index in [2.05, 4.69) is 17.2 Å². The first kappa shape index (κ1) is 14.3. The zero-order chi connectivity index (χ0) is 13.8. The van der Waals surface area contributed by atoms with Crippen LogP contribution in [-0.4, -0.2) is 31.7 Å². The Morgan fingerprint density at radius 2 is 2.05 bits per heavy atom. The van der Waals surface area contributed by atoms with Gasteiger partial charge in [-0.25, -0.2) is 0 Å². The van der Waals surface area contributed by atoms with Crippen molar-refractivity contribution >= 4 is 34.2 Å². The minimum atomic E-state index is 0.525. The largest absolute Gasteiger partial charge is 0.495 e. The third-order valence-electron chi connectivity index (χ3n) is 2.77. The summed E-state index contributed by atoms with van der Waals surface area (Å²) in [5.74, 6) is 2.98. The fourth-order valence-electron chi connectivity index (χ4n) is 1.71. The SMILES string of the molecule is COc1cc(NC2=NCC(C)CS2)c(OC)cc1Cl. The summed E-state index contributed by atoms with van der Waals surface area (Å²) in [6.07, 6.45) is 0. The molecule has 19 heavy (non-hydrogen) atoms. The summed E-state index contributed by atoms with van der Waals surface area (Å²) < 4.78 is 10.5. The predicted octanol–water partition coefficient (Wildman–Crippen LogP) is 3.51. The Morgan fingerprint density at radius 3 is 2.63 bits per heavy atom. The van der Waals surface area contributed by atoms with Crippen molar-refractivity contribution < 1.29 is 9.47 Å². The number of nitrogens with one attached hydrogen (secondary N) is 1. The quantitative estimate of drug-likeness (QED) is 0.927. The number of halogens is 1. The predicted molar refractivity (Wildman–Crippen MR) is 82.1 cm³/mol. The van der Waals surface area contributed by atoms with Gasteiger partial charge in [-0.15, -0.1) is 0 Å². The molecule has 0 saturated carbocycles. The van der Waals surface area contributed by atoms with Gasteiger partial charge in [0.25, 0.3) is 0 Å². The summed E-state index contributed by atoms with van der Waals surface area (Å²) in [7, 11) is 3.20. The summed E-state index contributed by atoms with van der Waals surface area (Å²) in [5, 5.41) is 4.70. The third kappa shape index (κ3) is 3.48. The molecule has 2 rings (SSSR count). The molecule has 0 bridgehead atoms. The highest BCUT2D eigenvalue weighted by Crippen LogP contribution is 2.36. The average Bonchev–Trinajstić information content (AvgIpc) is 2.42. The average molecular weight is 301 g/mol. The molecule has 1 atom stereocenters. The number of methoxy groups -OCH3 is 2. The molecule has 0 aromatic heterocycles. The molecule has 0 radical (unpaired) electrons. The second-order valence-electron chi connectivity index (χ2n) is 4.37. The minimum Gasteiger partial charge on any atom is -0.495 e. The third-order valence-corrected chi connectivity index (χ3v) is 4.30. The van der Waals surface area contributed by atoms with Gasteiger partial charge in [-0.2, -0.15) is 0 Å². The molecule has 6 heteroatoms. The summed E-state index contributed by atoms with van der Waals surface area (Å²) in [6.45, 7) is 3.04. The van der Waals surface area contributed by atoms with Crippen molar-refractivity contribution in [3.63, 3.8) is 0 Å². The second-order valence-corrected chi connectivity index (χ2v) is 5.79. The number of nitrogens with zero attached hydrogens (tertiary/aromatic N) is 1. The molecule has 104 valence electrons. The van der Waals surface area contributed by atoms with Crippen molar-refractivity contribution in [2.24, 2.45) is 10.9 Å². The van der Waals surface area contributed by atoms with Gasteiger partial charge in [0, 0.05) is 24.4 Å². The normalized spacial score (nSPS) is 18.7. The van der Waals surface area contributed by atoms with Crippen molar-refractivity contribution in [2.45, 2.75) is 6.92 Å². The molecule has 1 aromatic rings. The van der Waals surface area contributed by atoms with Gasteiger partial charge in [0.15, 0.2) is 5.17 Å². The number of thioether (sulfide) groups is 1. The van der Waals surface area contributed by atoms with Crippen LogP contribution in [0, 0.1) is 5.92 Å². The van der Waals surface area contributed by atoms with Crippen LogP contribution in [-0.2, 0) is 0 Å². The van der Waals surface area contributed by atoms with Crippen LogP contribution in [0.15, 0.2) is 17.1 Å². The Labute approximate surface area is 122 Å². The Kier molecular flexibility index (Phi) is 4.82. The van der Waals surface area contributed by atoms with Gasteiger partial charge < -0.3 is 14.8 Å². The van der Waals surface area contributed by atoms with Crippen molar-refractivity contribution in [1.82, 2.24) is 0 Å². The molecular formula is C13H17ClN2O2S. The zero-order valence-corrected chi connectivity index (χ0v) is 12.8. The summed E-state index contributed by atoms with van der Waals surface area (Å²) in [5.41, 5.74) is 0.810. The number of ether oxygens (including phenoxy) is 2. The lowest BCUT2D eigenvalue weighted by atomic mass is 10.2. The molecule has 1 aliphatic heterocycles. The summed E-state index contributed by atoms with van der Waals surface area (Å²) in [6, 6.07) is 3.56. The standard InChI is InChI=1S/C13H17ClN2O2S/c1-8-6-15-13(19-7-8)16-10-5-11(17-2)9(14)4-12(10)18-3/h4-5,8H,6-7H2,1-3H3,(H,15,16). The van der Waals surface area contributed by atoms with Gasteiger partial charge in [0.2, 0.25) is 0 Å². The number of hydrogen-bond acceptors (Lipinski definition) is 5. The van der Waals surface area contributed by atoms with Crippen molar-refractivity contribution in [3.8, 4) is 11.5 Å². The van der Waals surface area contributed by atoms with E-state index in [1.807, 2.05) is 6.07 Å². The molecule has 0 saturated heterocycles. The maximum absolute atomic E-state index is 6.07. The van der Waals surface area contributed by atoms with E-state index in [1.54, 1.807) is 32.0 Å². The number of amidine groups is 1. The Morgan fingerprint density at radius 1 is 1.32 bits per heavy atom. The number of aliphatic imine (C=N–C) groups is 1. The lowest BCUT2D eigenvalue weighted by Crippen LogP contribution is -2.19. The van der Waals surface area contributed by atoms with Crippen LogP contribution < -0.4 is 14.8 Å². The second kappa shape index (κ2) is 6.39. The first-order valence-corrected chi connectivity index (χ1v) is 7.36. The Balaban J connectivity index is 2.23. The molecule has 1 heterocycles. The van der Waals surface area contributed by atoms with E-state index in [4.69, 9.17) is 21.1 Å². The van der Waals surface area contributed by atoms with E-state index in [0.717, 1.165) is 23.2 Å². The minimum absolute atomic E-state index is 0.525. The van der Waals surface area contributed by atoms with Gasteiger partial charge in [-0.3, -0.25) is 4.99 Å². The zero-order valence-electron chi connectivity index (χ0n) is 11.2. The number of rotatable bonds is 3. The first-order chi connectivity index (χ1) is 9.13. The van der Waals surface area contributed by atoms with E-state index >= 15 is 0 Å². The van der Waals surface area contributed by atoms with E-state index in [9.17, 15) is 0 Å². The highest BCUT2D eigenvalue weighted by Gasteiger charge is 2.15. The van der Waals surface area contributed by atoms with Crippen LogP contribution in [0.1, 0.15) is 6.92 Å². The fraction of sp³-hybridized carbons (Fsp3) is 0.462. The lowest BCUT2D eigenvalue weighted by molar-refractivity contribution is 0.405. The van der Waals surface area contributed by atoms with Crippen LogP contribution in [0.3, 0.4) is 0 Å². The number of benzene rings is 1. The van der Waals surface area contributed by atoms with E-state index in [-0.39, 0.29) is 0 Å². The number of hydrogen-bond donors (Lipinski definition) is 1. The molecule has 1 aliphatic rings. The van der Waals surface area contributed by atoms with Crippen LogP contribution in [0.4, 0.5) is 5.69 Å². The Bertz CT molecular complexity index is 494. The van der Waals surface area contributed by atoms with Crippen molar-refractivity contribution in [3.05, 3.63) is 17.2 Å². The molecule has 0 spiro atoms. The smallest absolute Gasteiger partial charge is 0.161 e. The number of anilines is 1. The molecule has 0 amide bonds. The summed E-state index contributed by atoms with van der Waals surface area (Å²) in [4.78, 5) is 4.50.